The molecule has 2 aromatic rings. The molecule has 0 amide bonds. The molecule has 1 N–H and O–H groups in total. The summed E-state index contributed by atoms with van der Waals surface area (Å²) in [6.45, 7) is 0. The summed E-state index contributed by atoms with van der Waals surface area (Å²) in [6, 6.07) is 6.74. The minimum absolute atomic E-state index is 0.0321. The number of aromatic carboxylic acids is 1. The largest absolute Gasteiger partial charge is 0.497 e. The van der Waals surface area contributed by atoms with Crippen LogP contribution in [-0.4, -0.2) is 27.7 Å². The molecule has 1 aromatic heterocycles. The molecule has 0 aliphatic carbocycles. The third-order valence-corrected chi connectivity index (χ3v) is 2.66. The van der Waals surface area contributed by atoms with Crippen LogP contribution in [0.1, 0.15) is 10.4 Å². The van der Waals surface area contributed by atoms with E-state index in [1.54, 1.807) is 24.3 Å². The summed E-state index contributed by atoms with van der Waals surface area (Å²) < 4.78 is 6.20. The molecule has 0 saturated carbocycles. The van der Waals surface area contributed by atoms with Crippen LogP contribution in [0.3, 0.4) is 0 Å². The second-order valence-electron chi connectivity index (χ2n) is 3.93. The fourth-order valence-electron chi connectivity index (χ4n) is 1.69. The van der Waals surface area contributed by atoms with E-state index in [2.05, 4.69) is 4.98 Å². The number of carboxylic acids is 1. The molecule has 0 unspecified atom stereocenters. The van der Waals surface area contributed by atoms with Gasteiger partial charge in [-0.15, -0.1) is 0 Å². The first kappa shape index (κ1) is 12.8. The summed E-state index contributed by atoms with van der Waals surface area (Å²) in [5.74, 6) is -0.572. The molecular weight excluding hydrogens is 248 g/mol. The number of ether oxygens (including phenoxy) is 1. The van der Waals surface area contributed by atoms with Gasteiger partial charge in [0.25, 0.3) is 0 Å². The van der Waals surface area contributed by atoms with E-state index < -0.39 is 11.7 Å². The Bertz CT molecular complexity index is 691. The third kappa shape index (κ3) is 2.47. The minimum Gasteiger partial charge on any atom is -0.497 e. The zero-order valence-electron chi connectivity index (χ0n) is 10.5. The van der Waals surface area contributed by atoms with Gasteiger partial charge in [-0.25, -0.2) is 9.59 Å². The fraction of sp³-hybridized carbons (Fsp3) is 0.154. The van der Waals surface area contributed by atoms with Crippen LogP contribution in [0.4, 0.5) is 0 Å². The lowest BCUT2D eigenvalue weighted by atomic mass is 10.1. The molecule has 2 rings (SSSR count). The molecule has 0 aliphatic heterocycles. The molecule has 98 valence electrons. The summed E-state index contributed by atoms with van der Waals surface area (Å²) in [7, 11) is 2.96. The number of rotatable bonds is 3. The SMILES string of the molecule is COc1cccc(-c2nc(=O)n(C)cc2C(=O)O)c1. The molecular formula is C13H12N2O4. The van der Waals surface area contributed by atoms with Crippen LogP contribution in [0.15, 0.2) is 35.3 Å². The van der Waals surface area contributed by atoms with E-state index in [4.69, 9.17) is 4.74 Å². The van der Waals surface area contributed by atoms with Gasteiger partial charge in [-0.1, -0.05) is 12.1 Å². The maximum Gasteiger partial charge on any atom is 0.347 e. The second-order valence-corrected chi connectivity index (χ2v) is 3.93. The first-order valence-electron chi connectivity index (χ1n) is 5.48. The van der Waals surface area contributed by atoms with Crippen molar-refractivity contribution in [2.24, 2.45) is 7.05 Å². The number of hydrogen-bond donors (Lipinski definition) is 1. The molecule has 0 saturated heterocycles. The highest BCUT2D eigenvalue weighted by Gasteiger charge is 2.15. The Hall–Kier alpha value is -2.63. The van der Waals surface area contributed by atoms with E-state index in [1.807, 2.05) is 0 Å². The molecule has 0 aliphatic rings. The lowest BCUT2D eigenvalue weighted by Gasteiger charge is -2.08. The molecule has 0 spiro atoms. The number of nitrogens with zero attached hydrogens (tertiary/aromatic N) is 2. The highest BCUT2D eigenvalue weighted by atomic mass is 16.5. The smallest absolute Gasteiger partial charge is 0.347 e. The number of methoxy groups -OCH3 is 1. The fourth-order valence-corrected chi connectivity index (χ4v) is 1.69. The van der Waals surface area contributed by atoms with Crippen molar-refractivity contribution >= 4 is 5.97 Å². The van der Waals surface area contributed by atoms with Crippen LogP contribution in [-0.2, 0) is 7.05 Å². The van der Waals surface area contributed by atoms with E-state index in [0.29, 0.717) is 11.3 Å². The van der Waals surface area contributed by atoms with Crippen LogP contribution >= 0.6 is 0 Å². The van der Waals surface area contributed by atoms with E-state index in [9.17, 15) is 14.7 Å². The van der Waals surface area contributed by atoms with Crippen molar-refractivity contribution in [3.05, 3.63) is 46.5 Å². The lowest BCUT2D eigenvalue weighted by Crippen LogP contribution is -2.22. The number of carbonyl (C=O) groups is 1. The molecule has 1 heterocycles. The average Bonchev–Trinajstić information content (AvgIpc) is 2.41. The normalized spacial score (nSPS) is 10.2. The molecule has 0 bridgehead atoms. The Morgan fingerprint density at radius 1 is 1.42 bits per heavy atom. The molecule has 0 atom stereocenters. The Balaban J connectivity index is 2.69. The van der Waals surface area contributed by atoms with Gasteiger partial charge in [0.15, 0.2) is 0 Å². The Morgan fingerprint density at radius 2 is 2.16 bits per heavy atom. The summed E-state index contributed by atoms with van der Waals surface area (Å²) in [4.78, 5) is 26.6. The van der Waals surface area contributed by atoms with E-state index in [0.717, 1.165) is 4.57 Å². The topological polar surface area (TPSA) is 81.4 Å². The second kappa shape index (κ2) is 4.93. The van der Waals surface area contributed by atoms with Crippen molar-refractivity contribution in [2.45, 2.75) is 0 Å². The highest BCUT2D eigenvalue weighted by Crippen LogP contribution is 2.24. The molecule has 0 fully saturated rings. The van der Waals surface area contributed by atoms with Crippen LogP contribution in [0.25, 0.3) is 11.3 Å². The Kier molecular flexibility index (Phi) is 3.33. The molecule has 1 aromatic carbocycles. The third-order valence-electron chi connectivity index (χ3n) is 2.66. The van der Waals surface area contributed by atoms with Crippen LogP contribution in [0, 0.1) is 0 Å². The van der Waals surface area contributed by atoms with Gasteiger partial charge in [-0.2, -0.15) is 4.98 Å². The average molecular weight is 260 g/mol. The van der Waals surface area contributed by atoms with E-state index in [-0.39, 0.29) is 11.3 Å². The maximum atomic E-state index is 11.6. The minimum atomic E-state index is -1.14. The summed E-state index contributed by atoms with van der Waals surface area (Å²) >= 11 is 0. The van der Waals surface area contributed by atoms with Gasteiger partial charge in [0.2, 0.25) is 0 Å². The maximum absolute atomic E-state index is 11.6. The lowest BCUT2D eigenvalue weighted by molar-refractivity contribution is 0.0696. The Labute approximate surface area is 108 Å². The van der Waals surface area contributed by atoms with E-state index >= 15 is 0 Å². The van der Waals surface area contributed by atoms with Gasteiger partial charge in [0.1, 0.15) is 11.3 Å². The number of benzene rings is 1. The summed E-state index contributed by atoms with van der Waals surface area (Å²) in [6.07, 6.45) is 1.26. The first-order chi connectivity index (χ1) is 9.02. The van der Waals surface area contributed by atoms with Gasteiger partial charge in [-0.3, -0.25) is 0 Å². The molecule has 6 heteroatoms. The van der Waals surface area contributed by atoms with Crippen molar-refractivity contribution < 1.29 is 14.6 Å². The van der Waals surface area contributed by atoms with Crippen LogP contribution < -0.4 is 10.4 Å². The zero-order chi connectivity index (χ0) is 14.0. The zero-order valence-corrected chi connectivity index (χ0v) is 10.5. The van der Waals surface area contributed by atoms with Crippen molar-refractivity contribution in [3.63, 3.8) is 0 Å². The first-order valence-corrected chi connectivity index (χ1v) is 5.48. The monoisotopic (exact) mass is 260 g/mol. The number of hydrogen-bond acceptors (Lipinski definition) is 4. The van der Waals surface area contributed by atoms with Crippen molar-refractivity contribution in [3.8, 4) is 17.0 Å². The van der Waals surface area contributed by atoms with Gasteiger partial charge < -0.3 is 14.4 Å². The van der Waals surface area contributed by atoms with Crippen LogP contribution in [0.5, 0.6) is 5.75 Å². The van der Waals surface area contributed by atoms with Crippen molar-refractivity contribution in [2.75, 3.05) is 7.11 Å². The van der Waals surface area contributed by atoms with E-state index in [1.165, 1.54) is 20.4 Å². The van der Waals surface area contributed by atoms with Gasteiger partial charge in [0, 0.05) is 18.8 Å². The quantitative estimate of drug-likeness (QED) is 0.895. The van der Waals surface area contributed by atoms with Crippen LogP contribution in [0.2, 0.25) is 0 Å². The van der Waals surface area contributed by atoms with Gasteiger partial charge >= 0.3 is 11.7 Å². The molecule has 0 radical (unpaired) electrons. The standard InChI is InChI=1S/C13H12N2O4/c1-15-7-10(12(16)17)11(14-13(15)18)8-4-3-5-9(6-8)19-2/h3-7H,1-2H3,(H,16,17). The predicted molar refractivity (Wildman–Crippen MR) is 68.4 cm³/mol. The Morgan fingerprint density at radius 3 is 2.79 bits per heavy atom. The van der Waals surface area contributed by atoms with Gasteiger partial charge in [0.05, 0.1) is 12.8 Å². The van der Waals surface area contributed by atoms with Gasteiger partial charge in [-0.05, 0) is 12.1 Å². The molecule has 6 nitrogen and oxygen atoms in total. The molecule has 19 heavy (non-hydrogen) atoms. The van der Waals surface area contributed by atoms with Crippen molar-refractivity contribution in [1.29, 1.82) is 0 Å². The van der Waals surface area contributed by atoms with Crippen molar-refractivity contribution in [1.82, 2.24) is 9.55 Å². The summed E-state index contributed by atoms with van der Waals surface area (Å²) in [5.41, 5.74) is 0.113. The predicted octanol–water partition coefficient (Wildman–Crippen LogP) is 1.15. The number of carboxylic acid groups (broad SMARTS) is 1. The highest BCUT2D eigenvalue weighted by molar-refractivity contribution is 5.94. The summed E-state index contributed by atoms with van der Waals surface area (Å²) in [5, 5.41) is 9.18. The number of aromatic nitrogens is 2. The number of aryl methyl sites for hydroxylation is 1.